The van der Waals surface area contributed by atoms with Crippen LogP contribution < -0.4 is 10.6 Å². The van der Waals surface area contributed by atoms with Gasteiger partial charge in [0.2, 0.25) is 0 Å². The molecule has 0 radical (unpaired) electrons. The number of amides is 1. The number of para-hydroxylation sites is 1. The molecule has 0 unspecified atom stereocenters. The number of halogens is 2. The van der Waals surface area contributed by atoms with Crippen molar-refractivity contribution in [1.29, 1.82) is 0 Å². The van der Waals surface area contributed by atoms with Crippen molar-refractivity contribution in [2.24, 2.45) is 0 Å². The van der Waals surface area contributed by atoms with Gasteiger partial charge in [0.05, 0.1) is 20.6 Å². The molecule has 0 aliphatic carbocycles. The fourth-order valence-electron chi connectivity index (χ4n) is 1.33. The summed E-state index contributed by atoms with van der Waals surface area (Å²) in [6.07, 6.45) is 0. The van der Waals surface area contributed by atoms with Gasteiger partial charge in [-0.3, -0.25) is 10.1 Å². The molecule has 0 aliphatic rings. The minimum atomic E-state index is -0.268. The molecule has 1 aromatic carbocycles. The predicted octanol–water partition coefficient (Wildman–Crippen LogP) is 4.18. The number of rotatable bonds is 2. The highest BCUT2D eigenvalue weighted by atomic mass is 35.5. The van der Waals surface area contributed by atoms with E-state index in [0.29, 0.717) is 20.6 Å². The number of hydrogen-bond donors (Lipinski definition) is 2. The van der Waals surface area contributed by atoms with Crippen molar-refractivity contribution in [1.82, 2.24) is 5.32 Å². The van der Waals surface area contributed by atoms with Crippen LogP contribution in [0.4, 0.5) is 5.69 Å². The zero-order chi connectivity index (χ0) is 13.8. The molecule has 0 saturated carbocycles. The highest BCUT2D eigenvalue weighted by Crippen LogP contribution is 2.29. The summed E-state index contributed by atoms with van der Waals surface area (Å²) in [6, 6.07) is 8.59. The zero-order valence-corrected chi connectivity index (χ0v) is 12.6. The summed E-state index contributed by atoms with van der Waals surface area (Å²) >= 11 is 18.4. The average molecular weight is 331 g/mol. The first-order valence-corrected chi connectivity index (χ1v) is 7.22. The predicted molar refractivity (Wildman–Crippen MR) is 84.5 cm³/mol. The lowest BCUT2D eigenvalue weighted by molar-refractivity contribution is 0.0981. The van der Waals surface area contributed by atoms with Gasteiger partial charge in [-0.1, -0.05) is 35.3 Å². The van der Waals surface area contributed by atoms with Crippen molar-refractivity contribution in [3.05, 3.63) is 50.6 Å². The Bertz CT molecular complexity index is 594. The topological polar surface area (TPSA) is 41.1 Å². The van der Waals surface area contributed by atoms with Crippen LogP contribution in [0, 0.1) is 0 Å². The van der Waals surface area contributed by atoms with Crippen LogP contribution >= 0.6 is 46.8 Å². The lowest BCUT2D eigenvalue weighted by atomic mass is 10.3. The maximum atomic E-state index is 11.8. The van der Waals surface area contributed by atoms with Crippen LogP contribution in [0.2, 0.25) is 10.0 Å². The van der Waals surface area contributed by atoms with E-state index in [1.165, 1.54) is 11.3 Å². The van der Waals surface area contributed by atoms with Gasteiger partial charge in [0.15, 0.2) is 5.11 Å². The molecule has 3 nitrogen and oxygen atoms in total. The van der Waals surface area contributed by atoms with Crippen molar-refractivity contribution in [2.75, 3.05) is 5.32 Å². The van der Waals surface area contributed by atoms with Gasteiger partial charge < -0.3 is 5.32 Å². The fraction of sp³-hybridized carbons (Fsp3) is 0. The third kappa shape index (κ3) is 3.67. The number of carbonyl (C=O) groups is 1. The Labute approximate surface area is 129 Å². The summed E-state index contributed by atoms with van der Waals surface area (Å²) in [5, 5.41) is 8.20. The van der Waals surface area contributed by atoms with E-state index < -0.39 is 0 Å². The van der Waals surface area contributed by atoms with E-state index in [2.05, 4.69) is 10.6 Å². The molecule has 0 saturated heterocycles. The van der Waals surface area contributed by atoms with Crippen LogP contribution in [-0.4, -0.2) is 11.0 Å². The third-order valence-electron chi connectivity index (χ3n) is 2.17. The van der Waals surface area contributed by atoms with Gasteiger partial charge >= 0.3 is 0 Å². The van der Waals surface area contributed by atoms with E-state index in [0.717, 1.165) is 0 Å². The second-order valence-corrected chi connectivity index (χ2v) is 5.65. The van der Waals surface area contributed by atoms with Gasteiger partial charge in [-0.05, 0) is 35.8 Å². The average Bonchev–Trinajstić information content (AvgIpc) is 2.88. The first-order chi connectivity index (χ1) is 9.08. The largest absolute Gasteiger partial charge is 0.330 e. The Morgan fingerprint density at radius 2 is 1.84 bits per heavy atom. The molecule has 0 fully saturated rings. The molecular weight excluding hydrogens is 323 g/mol. The van der Waals surface area contributed by atoms with Gasteiger partial charge in [-0.25, -0.2) is 0 Å². The van der Waals surface area contributed by atoms with Gasteiger partial charge in [0.1, 0.15) is 0 Å². The lowest BCUT2D eigenvalue weighted by Crippen LogP contribution is -2.33. The first-order valence-electron chi connectivity index (χ1n) is 5.18. The van der Waals surface area contributed by atoms with Crippen molar-refractivity contribution in [3.63, 3.8) is 0 Å². The molecule has 19 heavy (non-hydrogen) atoms. The highest BCUT2D eigenvalue weighted by Gasteiger charge is 2.11. The molecule has 2 N–H and O–H groups in total. The van der Waals surface area contributed by atoms with Crippen LogP contribution in [0.5, 0.6) is 0 Å². The molecule has 0 aliphatic heterocycles. The zero-order valence-electron chi connectivity index (χ0n) is 9.44. The molecule has 0 bridgehead atoms. The maximum absolute atomic E-state index is 11.8. The quantitative estimate of drug-likeness (QED) is 0.811. The fourth-order valence-corrected chi connectivity index (χ4v) is 2.64. The van der Waals surface area contributed by atoms with E-state index in [1.54, 1.807) is 30.3 Å². The van der Waals surface area contributed by atoms with E-state index in [4.69, 9.17) is 35.4 Å². The van der Waals surface area contributed by atoms with Gasteiger partial charge in [0, 0.05) is 0 Å². The van der Waals surface area contributed by atoms with Gasteiger partial charge in [-0.15, -0.1) is 11.3 Å². The minimum absolute atomic E-state index is 0.147. The van der Waals surface area contributed by atoms with Gasteiger partial charge in [-0.2, -0.15) is 0 Å². The molecular formula is C12H8Cl2N2OS2. The number of anilines is 1. The van der Waals surface area contributed by atoms with Crippen LogP contribution in [0.1, 0.15) is 9.67 Å². The van der Waals surface area contributed by atoms with E-state index in [9.17, 15) is 4.79 Å². The van der Waals surface area contributed by atoms with Crippen molar-refractivity contribution < 1.29 is 4.79 Å². The van der Waals surface area contributed by atoms with Crippen LogP contribution in [-0.2, 0) is 0 Å². The van der Waals surface area contributed by atoms with Crippen LogP contribution in [0.15, 0.2) is 35.7 Å². The Kier molecular flexibility index (Phi) is 4.76. The summed E-state index contributed by atoms with van der Waals surface area (Å²) < 4.78 is 0. The SMILES string of the molecule is O=C(NC(=S)Nc1c(Cl)cccc1Cl)c1cccs1. The lowest BCUT2D eigenvalue weighted by Gasteiger charge is -2.11. The number of nitrogens with one attached hydrogen (secondary N) is 2. The molecule has 0 spiro atoms. The van der Waals surface area contributed by atoms with Crippen LogP contribution in [0.3, 0.4) is 0 Å². The van der Waals surface area contributed by atoms with Crippen molar-refractivity contribution >= 4 is 63.5 Å². The molecule has 2 rings (SSSR count). The van der Waals surface area contributed by atoms with Gasteiger partial charge in [0.25, 0.3) is 5.91 Å². The summed E-state index contributed by atoms with van der Waals surface area (Å²) in [5.41, 5.74) is 0.474. The van der Waals surface area contributed by atoms with E-state index >= 15 is 0 Å². The minimum Gasteiger partial charge on any atom is -0.330 e. The Hall–Kier alpha value is -1.14. The number of benzene rings is 1. The smallest absolute Gasteiger partial charge is 0.267 e. The van der Waals surface area contributed by atoms with Crippen molar-refractivity contribution in [3.8, 4) is 0 Å². The summed E-state index contributed by atoms with van der Waals surface area (Å²) in [4.78, 5) is 12.4. The second kappa shape index (κ2) is 6.34. The second-order valence-electron chi connectivity index (χ2n) is 3.48. The first kappa shape index (κ1) is 14.3. The van der Waals surface area contributed by atoms with E-state index in [-0.39, 0.29) is 11.0 Å². The number of thiocarbonyl (C=S) groups is 1. The maximum Gasteiger partial charge on any atom is 0.267 e. The van der Waals surface area contributed by atoms with Crippen LogP contribution in [0.25, 0.3) is 0 Å². The van der Waals surface area contributed by atoms with E-state index in [1.807, 2.05) is 5.38 Å². The molecule has 0 atom stereocenters. The Morgan fingerprint density at radius 3 is 2.42 bits per heavy atom. The molecule has 7 heteroatoms. The molecule has 1 aromatic heterocycles. The summed E-state index contributed by atoms with van der Waals surface area (Å²) in [5.74, 6) is -0.268. The molecule has 98 valence electrons. The Balaban J connectivity index is 2.04. The normalized spacial score (nSPS) is 10.0. The Morgan fingerprint density at radius 1 is 1.16 bits per heavy atom. The number of thiophene rings is 1. The monoisotopic (exact) mass is 330 g/mol. The van der Waals surface area contributed by atoms with Crippen molar-refractivity contribution in [2.45, 2.75) is 0 Å². The molecule has 1 heterocycles. The summed E-state index contributed by atoms with van der Waals surface area (Å²) in [7, 11) is 0. The molecule has 2 aromatic rings. The number of hydrogen-bond acceptors (Lipinski definition) is 3. The summed E-state index contributed by atoms with van der Waals surface area (Å²) in [6.45, 7) is 0. The third-order valence-corrected chi connectivity index (χ3v) is 3.88. The standard InChI is InChI=1S/C12H8Cl2N2OS2/c13-7-3-1-4-8(14)10(7)15-12(18)16-11(17)9-5-2-6-19-9/h1-6H,(H2,15,16,17,18). The molecule has 1 amide bonds. The number of carbonyl (C=O) groups excluding carboxylic acids is 1. The highest BCUT2D eigenvalue weighted by molar-refractivity contribution is 7.80.